The van der Waals surface area contributed by atoms with Gasteiger partial charge in [-0.3, -0.25) is 0 Å². The number of rotatable bonds is 8. The molecule has 0 bridgehead atoms. The third-order valence-electron chi connectivity index (χ3n) is 4.75. The molecule has 3 atom stereocenters. The summed E-state index contributed by atoms with van der Waals surface area (Å²) < 4.78 is 42.1. The van der Waals surface area contributed by atoms with Crippen molar-refractivity contribution in [1.29, 1.82) is 0 Å². The number of aryl methyl sites for hydroxylation is 1. The lowest BCUT2D eigenvalue weighted by atomic mass is 10.1. The average Bonchev–Trinajstić information content (AvgIpc) is 3.10. The van der Waals surface area contributed by atoms with Crippen molar-refractivity contribution in [1.82, 2.24) is 0 Å². The fourth-order valence-electron chi connectivity index (χ4n) is 3.13. The van der Waals surface area contributed by atoms with Gasteiger partial charge in [-0.1, -0.05) is 48.0 Å². The first-order valence-electron chi connectivity index (χ1n) is 9.28. The molecular formula is C22H26O5S. The monoisotopic (exact) mass is 402 g/mol. The first-order chi connectivity index (χ1) is 13.5. The van der Waals surface area contributed by atoms with Gasteiger partial charge in [-0.25, -0.2) is 8.42 Å². The molecule has 0 spiro atoms. The van der Waals surface area contributed by atoms with Gasteiger partial charge in [0.15, 0.2) is 9.84 Å². The summed E-state index contributed by atoms with van der Waals surface area (Å²) >= 11 is 0. The quantitative estimate of drug-likeness (QED) is 0.674. The van der Waals surface area contributed by atoms with Crippen LogP contribution in [0, 0.1) is 6.92 Å². The van der Waals surface area contributed by atoms with E-state index in [-0.39, 0.29) is 23.2 Å². The number of hydrogen-bond acceptors (Lipinski definition) is 5. The van der Waals surface area contributed by atoms with Crippen molar-refractivity contribution < 1.29 is 22.6 Å². The fourth-order valence-corrected chi connectivity index (χ4v) is 4.19. The second kappa shape index (κ2) is 9.47. The van der Waals surface area contributed by atoms with Gasteiger partial charge >= 0.3 is 0 Å². The first-order valence-corrected chi connectivity index (χ1v) is 10.8. The largest absolute Gasteiger partial charge is 0.379 e. The molecule has 1 fully saturated rings. The van der Waals surface area contributed by atoms with Crippen molar-refractivity contribution in [3.63, 3.8) is 0 Å². The van der Waals surface area contributed by atoms with Crippen LogP contribution in [-0.4, -0.2) is 40.4 Å². The number of methoxy groups -OCH3 is 1. The van der Waals surface area contributed by atoms with Crippen LogP contribution in [0.4, 0.5) is 0 Å². The van der Waals surface area contributed by atoms with Crippen LogP contribution >= 0.6 is 0 Å². The summed E-state index contributed by atoms with van der Waals surface area (Å²) in [6.07, 6.45) is 1.50. The molecule has 0 saturated carbocycles. The fraction of sp³-hybridized carbons (Fsp3) is 0.364. The van der Waals surface area contributed by atoms with Gasteiger partial charge < -0.3 is 14.2 Å². The van der Waals surface area contributed by atoms with Gasteiger partial charge in [0.1, 0.15) is 6.10 Å². The van der Waals surface area contributed by atoms with Gasteiger partial charge in [0.2, 0.25) is 0 Å². The van der Waals surface area contributed by atoms with Crippen LogP contribution in [0.25, 0.3) is 0 Å². The molecule has 1 aliphatic rings. The Hall–Kier alpha value is -1.99. The molecule has 0 N–H and O–H groups in total. The normalized spacial score (nSPS) is 22.7. The maximum atomic E-state index is 12.5. The molecule has 0 amide bonds. The van der Waals surface area contributed by atoms with Crippen LogP contribution in [0.3, 0.4) is 0 Å². The highest BCUT2D eigenvalue weighted by Crippen LogP contribution is 2.25. The summed E-state index contributed by atoms with van der Waals surface area (Å²) in [4.78, 5) is 0.276. The van der Waals surface area contributed by atoms with Gasteiger partial charge in [0.25, 0.3) is 0 Å². The molecule has 1 saturated heterocycles. The number of sulfone groups is 1. The lowest BCUT2D eigenvalue weighted by Gasteiger charge is -2.17. The van der Waals surface area contributed by atoms with E-state index in [9.17, 15) is 8.42 Å². The Morgan fingerprint density at radius 2 is 1.82 bits per heavy atom. The van der Waals surface area contributed by atoms with E-state index < -0.39 is 9.84 Å². The molecule has 1 aliphatic heterocycles. The molecule has 0 aliphatic carbocycles. The highest BCUT2D eigenvalue weighted by atomic mass is 32.2. The zero-order chi connectivity index (χ0) is 20.0. The molecular weight excluding hydrogens is 376 g/mol. The third-order valence-corrected chi connectivity index (χ3v) is 6.19. The van der Waals surface area contributed by atoms with Crippen molar-refractivity contribution in [2.75, 3.05) is 13.7 Å². The van der Waals surface area contributed by atoms with Crippen LogP contribution in [0.2, 0.25) is 0 Å². The minimum Gasteiger partial charge on any atom is -0.379 e. The summed E-state index contributed by atoms with van der Waals surface area (Å²) in [6.45, 7) is 2.81. The zero-order valence-electron chi connectivity index (χ0n) is 16.2. The lowest BCUT2D eigenvalue weighted by Crippen LogP contribution is -2.28. The van der Waals surface area contributed by atoms with E-state index >= 15 is 0 Å². The summed E-state index contributed by atoms with van der Waals surface area (Å²) in [5, 5.41) is 1.22. The number of hydrogen-bond donors (Lipinski definition) is 0. The van der Waals surface area contributed by atoms with Crippen molar-refractivity contribution in [2.45, 2.75) is 43.2 Å². The van der Waals surface area contributed by atoms with Crippen LogP contribution in [-0.2, 0) is 30.7 Å². The van der Waals surface area contributed by atoms with Crippen molar-refractivity contribution in [3.05, 3.63) is 77.2 Å². The van der Waals surface area contributed by atoms with E-state index in [0.29, 0.717) is 19.6 Å². The molecule has 0 aromatic heterocycles. The van der Waals surface area contributed by atoms with Crippen molar-refractivity contribution in [2.24, 2.45) is 0 Å². The van der Waals surface area contributed by atoms with E-state index in [2.05, 4.69) is 0 Å². The molecule has 28 heavy (non-hydrogen) atoms. The Morgan fingerprint density at radius 3 is 2.50 bits per heavy atom. The molecule has 0 radical (unpaired) electrons. The Bertz CT molecular complexity index is 875. The Balaban J connectivity index is 1.56. The zero-order valence-corrected chi connectivity index (χ0v) is 17.0. The van der Waals surface area contributed by atoms with E-state index in [4.69, 9.17) is 14.2 Å². The third kappa shape index (κ3) is 5.52. The van der Waals surface area contributed by atoms with Gasteiger partial charge in [-0.05, 0) is 30.7 Å². The summed E-state index contributed by atoms with van der Waals surface area (Å²) in [5.41, 5.74) is 2.11. The topological polar surface area (TPSA) is 61.8 Å². The summed E-state index contributed by atoms with van der Waals surface area (Å²) in [5.74, 6) is 0. The van der Waals surface area contributed by atoms with Crippen molar-refractivity contribution in [3.8, 4) is 0 Å². The molecule has 1 heterocycles. The summed E-state index contributed by atoms with van der Waals surface area (Å²) in [6, 6.07) is 16.7. The maximum Gasteiger partial charge on any atom is 0.199 e. The maximum absolute atomic E-state index is 12.5. The first kappa shape index (κ1) is 20.7. The van der Waals surface area contributed by atoms with Crippen LogP contribution in [0.5, 0.6) is 0 Å². The lowest BCUT2D eigenvalue weighted by molar-refractivity contribution is -0.0504. The minimum absolute atomic E-state index is 0.132. The Morgan fingerprint density at radius 1 is 1.11 bits per heavy atom. The molecule has 2 aromatic rings. The predicted molar refractivity (Wildman–Crippen MR) is 108 cm³/mol. The molecule has 1 unspecified atom stereocenters. The van der Waals surface area contributed by atoms with Gasteiger partial charge in [0, 0.05) is 18.9 Å². The minimum atomic E-state index is -3.49. The van der Waals surface area contributed by atoms with Gasteiger partial charge in [-0.15, -0.1) is 0 Å². The van der Waals surface area contributed by atoms with Crippen molar-refractivity contribution >= 4 is 9.84 Å². The Kier molecular flexibility index (Phi) is 7.02. The molecule has 2 aromatic carbocycles. The van der Waals surface area contributed by atoms with E-state index in [1.54, 1.807) is 37.5 Å². The second-order valence-corrected chi connectivity index (χ2v) is 8.74. The summed E-state index contributed by atoms with van der Waals surface area (Å²) in [7, 11) is -1.86. The highest BCUT2D eigenvalue weighted by Gasteiger charge is 2.34. The standard InChI is InChI=1S/C22H26O5S/c1-17-8-10-20(11-9-17)28(23,24)13-12-19-14-21(25-2)22(27-19)16-26-15-18-6-4-3-5-7-18/h3-13,19,21-22H,14-16H2,1-2H3/b13-12+/t19?,21-,22+/m0/s1. The van der Waals surface area contributed by atoms with E-state index in [0.717, 1.165) is 11.1 Å². The predicted octanol–water partition coefficient (Wildman–Crippen LogP) is 3.67. The van der Waals surface area contributed by atoms with E-state index in [1.165, 1.54) is 5.41 Å². The second-order valence-electron chi connectivity index (χ2n) is 6.91. The molecule has 150 valence electrons. The number of benzene rings is 2. The van der Waals surface area contributed by atoms with Gasteiger partial charge in [-0.2, -0.15) is 0 Å². The number of ether oxygens (including phenoxy) is 3. The SMILES string of the molecule is CO[C@H]1CC(/C=C/S(=O)(=O)c2ccc(C)cc2)O[C@@H]1COCc1ccccc1. The van der Waals surface area contributed by atoms with Crippen LogP contribution in [0.15, 0.2) is 71.0 Å². The van der Waals surface area contributed by atoms with E-state index in [1.807, 2.05) is 37.3 Å². The van der Waals surface area contributed by atoms with Crippen LogP contribution in [0.1, 0.15) is 17.5 Å². The highest BCUT2D eigenvalue weighted by molar-refractivity contribution is 7.94. The average molecular weight is 403 g/mol. The van der Waals surface area contributed by atoms with Gasteiger partial charge in [0.05, 0.1) is 30.3 Å². The smallest absolute Gasteiger partial charge is 0.199 e. The molecule has 3 rings (SSSR count). The molecule has 5 nitrogen and oxygen atoms in total. The van der Waals surface area contributed by atoms with Crippen LogP contribution < -0.4 is 0 Å². The molecule has 6 heteroatoms. The Labute approximate surface area is 166 Å².